The predicted octanol–water partition coefficient (Wildman–Crippen LogP) is 2.41. The molecule has 1 aromatic heterocycles. The highest BCUT2D eigenvalue weighted by Gasteiger charge is 2.26. The Hall–Kier alpha value is -1.65. The van der Waals surface area contributed by atoms with Crippen molar-refractivity contribution in [1.29, 1.82) is 0 Å². The van der Waals surface area contributed by atoms with E-state index in [9.17, 15) is 4.79 Å². The molecule has 0 spiro atoms. The number of fused-ring (bicyclic) bond motifs is 1. The van der Waals surface area contributed by atoms with Crippen molar-refractivity contribution in [2.45, 2.75) is 52.9 Å². The van der Waals surface area contributed by atoms with Crippen molar-refractivity contribution in [3.63, 3.8) is 0 Å². The Balaban J connectivity index is 1.80. The first-order chi connectivity index (χ1) is 11.1. The van der Waals surface area contributed by atoms with Crippen LogP contribution >= 0.6 is 0 Å². The predicted molar refractivity (Wildman–Crippen MR) is 88.5 cm³/mol. The molecule has 0 bridgehead atoms. The Morgan fingerprint density at radius 3 is 2.65 bits per heavy atom. The largest absolute Gasteiger partial charge is 0.477 e. The van der Waals surface area contributed by atoms with Crippen molar-refractivity contribution in [1.82, 2.24) is 14.9 Å². The maximum absolute atomic E-state index is 12.3. The minimum atomic E-state index is 0.0408. The topological polar surface area (TPSA) is 55.3 Å². The lowest BCUT2D eigenvalue weighted by Gasteiger charge is -2.22. The third kappa shape index (κ3) is 3.82. The Morgan fingerprint density at radius 1 is 1.26 bits per heavy atom. The highest BCUT2D eigenvalue weighted by atomic mass is 16.5. The van der Waals surface area contributed by atoms with Crippen molar-refractivity contribution in [2.75, 3.05) is 19.7 Å². The van der Waals surface area contributed by atoms with E-state index in [1.165, 1.54) is 12.8 Å². The summed E-state index contributed by atoms with van der Waals surface area (Å²) in [5.74, 6) is 2.58. The van der Waals surface area contributed by atoms with Crippen LogP contribution in [0.2, 0.25) is 0 Å². The van der Waals surface area contributed by atoms with Gasteiger partial charge in [-0.05, 0) is 25.2 Å². The van der Waals surface area contributed by atoms with Crippen LogP contribution in [-0.2, 0) is 24.1 Å². The Morgan fingerprint density at radius 2 is 2.00 bits per heavy atom. The van der Waals surface area contributed by atoms with E-state index in [2.05, 4.69) is 11.9 Å². The Labute approximate surface area is 138 Å². The third-order valence-electron chi connectivity index (χ3n) is 4.63. The first-order valence-electron chi connectivity index (χ1n) is 8.88. The molecule has 1 aliphatic carbocycles. The lowest BCUT2D eigenvalue weighted by Crippen LogP contribution is -2.36. The number of carbonyl (C=O) groups excluding carboxylic acids is 1. The van der Waals surface area contributed by atoms with Crippen LogP contribution in [0.25, 0.3) is 0 Å². The summed E-state index contributed by atoms with van der Waals surface area (Å²) in [5, 5.41) is 0. The molecule has 0 radical (unpaired) electrons. The molecule has 1 amide bonds. The number of amides is 1. The quantitative estimate of drug-likeness (QED) is 0.837. The Kier molecular flexibility index (Phi) is 4.83. The molecule has 0 N–H and O–H groups in total. The van der Waals surface area contributed by atoms with Gasteiger partial charge in [0.05, 0.1) is 12.3 Å². The van der Waals surface area contributed by atoms with Crippen LogP contribution < -0.4 is 4.74 Å². The fourth-order valence-corrected chi connectivity index (χ4v) is 2.96. The van der Waals surface area contributed by atoms with Gasteiger partial charge in [-0.2, -0.15) is 4.98 Å². The lowest BCUT2D eigenvalue weighted by atomic mass is 10.1. The summed E-state index contributed by atoms with van der Waals surface area (Å²) in [5.41, 5.74) is 2.18. The molecule has 5 nitrogen and oxygen atoms in total. The molecule has 0 unspecified atom stereocenters. The molecule has 23 heavy (non-hydrogen) atoms. The van der Waals surface area contributed by atoms with Crippen LogP contribution in [0, 0.1) is 11.8 Å². The molecule has 3 rings (SSSR count). The highest BCUT2D eigenvalue weighted by Crippen LogP contribution is 2.31. The molecule has 2 heterocycles. The van der Waals surface area contributed by atoms with Gasteiger partial charge in [0.2, 0.25) is 11.8 Å². The van der Waals surface area contributed by atoms with Crippen molar-refractivity contribution in [2.24, 2.45) is 11.8 Å². The molecule has 1 fully saturated rings. The van der Waals surface area contributed by atoms with E-state index >= 15 is 0 Å². The van der Waals surface area contributed by atoms with Gasteiger partial charge in [0, 0.05) is 37.4 Å². The minimum Gasteiger partial charge on any atom is -0.477 e. The zero-order valence-electron chi connectivity index (χ0n) is 14.5. The summed E-state index contributed by atoms with van der Waals surface area (Å²) in [6, 6.07) is 0. The van der Waals surface area contributed by atoms with Gasteiger partial charge in [0.25, 0.3) is 0 Å². The maximum Gasteiger partial charge on any atom is 0.225 e. The van der Waals surface area contributed by atoms with Gasteiger partial charge in [0.1, 0.15) is 5.82 Å². The second-order valence-corrected chi connectivity index (χ2v) is 6.96. The second-order valence-electron chi connectivity index (χ2n) is 6.96. The average Bonchev–Trinajstić information content (AvgIpc) is 3.37. The molecule has 1 saturated carbocycles. The number of aromatic nitrogens is 2. The number of hydrogen-bond acceptors (Lipinski definition) is 4. The van der Waals surface area contributed by atoms with Crippen molar-refractivity contribution < 1.29 is 9.53 Å². The maximum atomic E-state index is 12.3. The molecular weight excluding hydrogens is 290 g/mol. The van der Waals surface area contributed by atoms with E-state index in [-0.39, 0.29) is 11.8 Å². The van der Waals surface area contributed by atoms with Crippen LogP contribution in [0.1, 0.15) is 50.7 Å². The second kappa shape index (κ2) is 6.85. The number of aryl methyl sites for hydroxylation is 1. The van der Waals surface area contributed by atoms with E-state index in [4.69, 9.17) is 9.72 Å². The number of nitrogens with zero attached hydrogens (tertiary/aromatic N) is 3. The van der Waals surface area contributed by atoms with Crippen molar-refractivity contribution in [3.8, 4) is 5.88 Å². The fraction of sp³-hybridized carbons (Fsp3) is 0.722. The van der Waals surface area contributed by atoms with Gasteiger partial charge in [0.15, 0.2) is 0 Å². The monoisotopic (exact) mass is 317 g/mol. The number of carbonyl (C=O) groups is 1. The van der Waals surface area contributed by atoms with Gasteiger partial charge in [-0.15, -0.1) is 0 Å². The number of rotatable bonds is 5. The number of hydrogen-bond donors (Lipinski definition) is 0. The molecule has 1 aliphatic heterocycles. The SMILES string of the molecule is CCc1nc2c(c(OCC3CC3)n1)CCN(C(=O)C(C)C)CC2. The first-order valence-corrected chi connectivity index (χ1v) is 8.88. The van der Waals surface area contributed by atoms with Crippen LogP contribution in [0.3, 0.4) is 0 Å². The highest BCUT2D eigenvalue weighted by molar-refractivity contribution is 5.78. The minimum absolute atomic E-state index is 0.0408. The molecule has 0 saturated heterocycles. The van der Waals surface area contributed by atoms with Crippen molar-refractivity contribution in [3.05, 3.63) is 17.1 Å². The summed E-state index contributed by atoms with van der Waals surface area (Å²) in [4.78, 5) is 23.6. The normalized spacial score (nSPS) is 17.8. The summed E-state index contributed by atoms with van der Waals surface area (Å²) in [6.07, 6.45) is 4.93. The van der Waals surface area contributed by atoms with E-state index in [1.54, 1.807) is 0 Å². The molecular formula is C18H27N3O2. The molecule has 0 atom stereocenters. The molecule has 1 aromatic rings. The smallest absolute Gasteiger partial charge is 0.225 e. The van der Waals surface area contributed by atoms with Gasteiger partial charge in [-0.3, -0.25) is 4.79 Å². The van der Waals surface area contributed by atoms with E-state index in [0.29, 0.717) is 5.92 Å². The van der Waals surface area contributed by atoms with Crippen LogP contribution in [0.15, 0.2) is 0 Å². The zero-order valence-corrected chi connectivity index (χ0v) is 14.5. The lowest BCUT2D eigenvalue weighted by molar-refractivity contribution is -0.134. The van der Waals surface area contributed by atoms with E-state index in [0.717, 1.165) is 61.9 Å². The van der Waals surface area contributed by atoms with Gasteiger partial charge in [-0.1, -0.05) is 20.8 Å². The van der Waals surface area contributed by atoms with Crippen molar-refractivity contribution >= 4 is 5.91 Å². The van der Waals surface area contributed by atoms with Crippen LogP contribution in [0.4, 0.5) is 0 Å². The zero-order chi connectivity index (χ0) is 16.4. The van der Waals surface area contributed by atoms with E-state index < -0.39 is 0 Å². The average molecular weight is 317 g/mol. The van der Waals surface area contributed by atoms with E-state index in [1.807, 2.05) is 18.7 Å². The van der Waals surface area contributed by atoms with Gasteiger partial charge >= 0.3 is 0 Å². The summed E-state index contributed by atoms with van der Waals surface area (Å²) in [7, 11) is 0. The molecule has 126 valence electrons. The van der Waals surface area contributed by atoms with Crippen LogP contribution in [0.5, 0.6) is 5.88 Å². The summed E-state index contributed by atoms with van der Waals surface area (Å²) >= 11 is 0. The van der Waals surface area contributed by atoms with Gasteiger partial charge in [-0.25, -0.2) is 4.98 Å². The number of ether oxygens (including phenoxy) is 1. The molecule has 5 heteroatoms. The summed E-state index contributed by atoms with van der Waals surface area (Å²) < 4.78 is 6.02. The molecule has 2 aliphatic rings. The molecule has 0 aromatic carbocycles. The first kappa shape index (κ1) is 16.2. The standard InChI is InChI=1S/C18H27N3O2/c1-4-16-19-15-8-10-21(18(22)12(2)3)9-7-14(15)17(20-16)23-11-13-5-6-13/h12-13H,4-11H2,1-3H3. The van der Waals surface area contributed by atoms with Gasteiger partial charge < -0.3 is 9.64 Å². The summed E-state index contributed by atoms with van der Waals surface area (Å²) in [6.45, 7) is 8.23. The fourth-order valence-electron chi connectivity index (χ4n) is 2.96. The Bertz CT molecular complexity index is 582. The third-order valence-corrected chi connectivity index (χ3v) is 4.63. The van der Waals surface area contributed by atoms with Crippen LogP contribution in [-0.4, -0.2) is 40.5 Å².